The Hall–Kier alpha value is -3.34. The third-order valence-corrected chi connectivity index (χ3v) is 6.62. The van der Waals surface area contributed by atoms with E-state index in [4.69, 9.17) is 4.74 Å². The molecule has 0 aliphatic carbocycles. The third-order valence-electron chi connectivity index (χ3n) is 5.87. The number of nitrogens with one attached hydrogen (secondary N) is 3. The first kappa shape index (κ1) is 27.3. The van der Waals surface area contributed by atoms with Crippen molar-refractivity contribution in [3.8, 4) is 0 Å². The molecule has 3 amide bonds. The number of carbonyl (C=O) groups is 3. The number of thiazole rings is 1. The van der Waals surface area contributed by atoms with Crippen LogP contribution in [0.5, 0.6) is 0 Å². The van der Waals surface area contributed by atoms with Crippen molar-refractivity contribution in [3.05, 3.63) is 64.6 Å². The molecule has 0 radical (unpaired) electrons. The molecule has 0 spiro atoms. The number of likely N-dealkylation sites (N-methyl/N-ethyl adjacent to an activating group) is 1. The number of rotatable bonds is 10. The zero-order chi connectivity index (χ0) is 26.3. The fraction of sp³-hybridized carbons (Fsp3) is 0.385. The van der Waals surface area contributed by atoms with Gasteiger partial charge >= 0.3 is 0 Å². The number of benzene rings is 2. The second-order valence-electron chi connectivity index (χ2n) is 9.55. The van der Waals surface area contributed by atoms with E-state index in [1.165, 1.54) is 18.4 Å². The molecule has 10 heteroatoms. The van der Waals surface area contributed by atoms with Crippen molar-refractivity contribution in [3.63, 3.8) is 0 Å². The van der Waals surface area contributed by atoms with Crippen LogP contribution in [-0.4, -0.2) is 47.1 Å². The van der Waals surface area contributed by atoms with Gasteiger partial charge in [0, 0.05) is 18.6 Å². The van der Waals surface area contributed by atoms with Crippen LogP contribution in [0.1, 0.15) is 31.3 Å². The number of aromatic nitrogens is 1. The van der Waals surface area contributed by atoms with Crippen molar-refractivity contribution in [2.45, 2.75) is 45.9 Å². The van der Waals surface area contributed by atoms with E-state index in [1.54, 1.807) is 17.1 Å². The maximum atomic E-state index is 13.7. The summed E-state index contributed by atoms with van der Waals surface area (Å²) in [6.07, 6.45) is 0.411. The molecule has 2 aromatic carbocycles. The van der Waals surface area contributed by atoms with Gasteiger partial charge < -0.3 is 15.4 Å². The van der Waals surface area contributed by atoms with Gasteiger partial charge in [0.15, 0.2) is 6.10 Å². The molecule has 1 heterocycles. The molecule has 3 aromatic rings. The first-order chi connectivity index (χ1) is 17.1. The first-order valence-corrected chi connectivity index (χ1v) is 12.5. The van der Waals surface area contributed by atoms with Gasteiger partial charge in [-0.3, -0.25) is 19.6 Å². The molecule has 192 valence electrons. The minimum Gasteiger partial charge on any atom is -0.360 e. The summed E-state index contributed by atoms with van der Waals surface area (Å²) < 4.78 is 5.85. The molecule has 9 nitrogen and oxygen atoms in total. The van der Waals surface area contributed by atoms with E-state index in [-0.39, 0.29) is 18.9 Å². The molecule has 1 aromatic heterocycles. The summed E-state index contributed by atoms with van der Waals surface area (Å²) in [5, 5.41) is 19.3. The van der Waals surface area contributed by atoms with E-state index in [0.29, 0.717) is 5.01 Å². The lowest BCUT2D eigenvalue weighted by atomic mass is 9.84. The van der Waals surface area contributed by atoms with Crippen LogP contribution in [0.4, 0.5) is 0 Å². The molecule has 0 saturated heterocycles. The van der Waals surface area contributed by atoms with Gasteiger partial charge in [0.1, 0.15) is 11.0 Å². The molecule has 3 rings (SSSR count). The van der Waals surface area contributed by atoms with Gasteiger partial charge in [-0.1, -0.05) is 63.2 Å². The second kappa shape index (κ2) is 12.1. The van der Waals surface area contributed by atoms with Gasteiger partial charge in [-0.2, -0.15) is 0 Å². The van der Waals surface area contributed by atoms with E-state index in [2.05, 4.69) is 15.6 Å². The van der Waals surface area contributed by atoms with Gasteiger partial charge in [-0.25, -0.2) is 10.5 Å². The van der Waals surface area contributed by atoms with Gasteiger partial charge in [0.2, 0.25) is 11.8 Å². The Morgan fingerprint density at radius 1 is 1.06 bits per heavy atom. The third kappa shape index (κ3) is 6.87. The Labute approximate surface area is 214 Å². The molecular formula is C26H32N4O5S. The molecule has 36 heavy (non-hydrogen) atoms. The smallest absolute Gasteiger partial charge is 0.273 e. The number of fused-ring (bicyclic) bond motifs is 1. The number of hydroxylamine groups is 1. The fourth-order valence-electron chi connectivity index (χ4n) is 3.95. The first-order valence-electron chi connectivity index (χ1n) is 11.6. The second-order valence-corrected chi connectivity index (χ2v) is 10.5. The standard InChI is InChI=1S/C26H32N4O5S/c1-26(2,3)22(25(33)27-4)29-23(31)19(14-16-9-10-17-7-5-6-8-18(17)13-16)21(24(32)30-34)35-15-20-28-11-12-36-20/h5-13,19,21-22,34H,14-15H2,1-4H3,(H,27,33)(H,29,31)(H,30,32)/t19-,21+,22-/m1/s1. The summed E-state index contributed by atoms with van der Waals surface area (Å²) in [7, 11) is 1.50. The highest BCUT2D eigenvalue weighted by Gasteiger charge is 2.39. The van der Waals surface area contributed by atoms with Crippen molar-refractivity contribution < 1.29 is 24.3 Å². The van der Waals surface area contributed by atoms with E-state index < -0.39 is 35.3 Å². The van der Waals surface area contributed by atoms with Crippen molar-refractivity contribution in [2.75, 3.05) is 7.05 Å². The maximum Gasteiger partial charge on any atom is 0.273 e. The largest absolute Gasteiger partial charge is 0.360 e. The number of amides is 3. The Morgan fingerprint density at radius 2 is 1.78 bits per heavy atom. The SMILES string of the molecule is CNC(=O)[C@@H](NC(=O)[C@H](Cc1ccc2ccccc2c1)[C@H](OCc1nccs1)C(=O)NO)C(C)(C)C. The highest BCUT2D eigenvalue weighted by atomic mass is 32.1. The van der Waals surface area contributed by atoms with Crippen LogP contribution in [-0.2, 0) is 32.1 Å². The zero-order valence-electron chi connectivity index (χ0n) is 20.8. The van der Waals surface area contributed by atoms with Gasteiger partial charge in [0.25, 0.3) is 5.91 Å². The molecule has 4 N–H and O–H groups in total. The summed E-state index contributed by atoms with van der Waals surface area (Å²) >= 11 is 1.35. The maximum absolute atomic E-state index is 13.7. The van der Waals surface area contributed by atoms with Crippen LogP contribution >= 0.6 is 11.3 Å². The summed E-state index contributed by atoms with van der Waals surface area (Å²) in [5.74, 6) is -2.81. The van der Waals surface area contributed by atoms with Crippen LogP contribution in [0, 0.1) is 11.3 Å². The van der Waals surface area contributed by atoms with Gasteiger partial charge in [-0.05, 0) is 28.2 Å². The molecular weight excluding hydrogens is 480 g/mol. The number of hydrogen-bond acceptors (Lipinski definition) is 7. The van der Waals surface area contributed by atoms with Crippen LogP contribution in [0.25, 0.3) is 10.8 Å². The van der Waals surface area contributed by atoms with Gasteiger partial charge in [0.05, 0.1) is 12.5 Å². The molecule has 3 atom stereocenters. The average molecular weight is 513 g/mol. The predicted octanol–water partition coefficient (Wildman–Crippen LogP) is 2.82. The van der Waals surface area contributed by atoms with Crippen LogP contribution in [0.2, 0.25) is 0 Å². The van der Waals surface area contributed by atoms with Crippen molar-refractivity contribution in [1.82, 2.24) is 21.1 Å². The van der Waals surface area contributed by atoms with Crippen LogP contribution < -0.4 is 16.1 Å². The predicted molar refractivity (Wildman–Crippen MR) is 137 cm³/mol. The zero-order valence-corrected chi connectivity index (χ0v) is 21.6. The summed E-state index contributed by atoms with van der Waals surface area (Å²) in [6, 6.07) is 12.7. The Bertz CT molecular complexity index is 1190. The molecule has 0 unspecified atom stereocenters. The number of hydrogen-bond donors (Lipinski definition) is 4. The Balaban J connectivity index is 1.96. The molecule has 0 saturated carbocycles. The minimum atomic E-state index is -1.34. The monoisotopic (exact) mass is 512 g/mol. The fourth-order valence-corrected chi connectivity index (χ4v) is 4.49. The van der Waals surface area contributed by atoms with E-state index in [0.717, 1.165) is 16.3 Å². The summed E-state index contributed by atoms with van der Waals surface area (Å²) in [5.41, 5.74) is 1.83. The summed E-state index contributed by atoms with van der Waals surface area (Å²) in [4.78, 5) is 43.1. The summed E-state index contributed by atoms with van der Waals surface area (Å²) in [6.45, 7) is 5.49. The molecule has 0 fully saturated rings. The number of carbonyl (C=O) groups excluding carboxylic acids is 3. The highest BCUT2D eigenvalue weighted by Crippen LogP contribution is 2.24. The van der Waals surface area contributed by atoms with Crippen molar-refractivity contribution in [2.24, 2.45) is 11.3 Å². The normalized spacial score (nSPS) is 14.0. The lowest BCUT2D eigenvalue weighted by Gasteiger charge is -2.32. The van der Waals surface area contributed by atoms with E-state index in [1.807, 2.05) is 63.2 Å². The van der Waals surface area contributed by atoms with Crippen molar-refractivity contribution >= 4 is 39.8 Å². The van der Waals surface area contributed by atoms with Gasteiger partial charge in [-0.15, -0.1) is 11.3 Å². The van der Waals surface area contributed by atoms with Crippen LogP contribution in [0.3, 0.4) is 0 Å². The lowest BCUT2D eigenvalue weighted by molar-refractivity contribution is -0.152. The topological polar surface area (TPSA) is 130 Å². The van der Waals surface area contributed by atoms with Crippen LogP contribution in [0.15, 0.2) is 54.0 Å². The highest BCUT2D eigenvalue weighted by molar-refractivity contribution is 7.09. The number of ether oxygens (including phenoxy) is 1. The number of nitrogens with zero attached hydrogens (tertiary/aromatic N) is 1. The lowest BCUT2D eigenvalue weighted by Crippen LogP contribution is -2.56. The minimum absolute atomic E-state index is 0.0185. The van der Waals surface area contributed by atoms with E-state index >= 15 is 0 Å². The average Bonchev–Trinajstić information content (AvgIpc) is 3.38. The molecule has 0 aliphatic heterocycles. The molecule has 0 bridgehead atoms. The quantitative estimate of drug-likeness (QED) is 0.244. The Kier molecular flexibility index (Phi) is 9.14. The van der Waals surface area contributed by atoms with Crippen molar-refractivity contribution in [1.29, 1.82) is 0 Å². The molecule has 0 aliphatic rings. The van der Waals surface area contributed by atoms with E-state index in [9.17, 15) is 19.6 Å². The Morgan fingerprint density at radius 3 is 2.39 bits per heavy atom.